The Hall–Kier alpha value is -2.90. The van der Waals surface area contributed by atoms with Gasteiger partial charge in [-0.15, -0.1) is 0 Å². The van der Waals surface area contributed by atoms with Crippen LogP contribution in [0, 0.1) is 0 Å². The zero-order chi connectivity index (χ0) is 21.1. The van der Waals surface area contributed by atoms with E-state index < -0.39 is 0 Å². The third kappa shape index (κ3) is 4.17. The Balaban J connectivity index is 1.45. The van der Waals surface area contributed by atoms with Crippen molar-refractivity contribution >= 4 is 29.1 Å². The van der Waals surface area contributed by atoms with Crippen LogP contribution in [0.4, 0.5) is 0 Å². The van der Waals surface area contributed by atoms with Crippen LogP contribution in [0.15, 0.2) is 42.6 Å². The Morgan fingerprint density at radius 1 is 1.13 bits per heavy atom. The second kappa shape index (κ2) is 8.85. The Morgan fingerprint density at radius 2 is 1.87 bits per heavy atom. The highest BCUT2D eigenvalue weighted by atomic mass is 35.5. The van der Waals surface area contributed by atoms with E-state index in [2.05, 4.69) is 10.3 Å². The fourth-order valence-corrected chi connectivity index (χ4v) is 3.70. The summed E-state index contributed by atoms with van der Waals surface area (Å²) < 4.78 is 7.01. The van der Waals surface area contributed by atoms with Gasteiger partial charge in [0, 0.05) is 31.4 Å². The number of rotatable bonds is 5. The molecule has 1 N–H and O–H groups in total. The Morgan fingerprint density at radius 3 is 2.57 bits per heavy atom. The minimum absolute atomic E-state index is 0.00378. The van der Waals surface area contributed by atoms with E-state index in [9.17, 15) is 9.59 Å². The first-order chi connectivity index (χ1) is 14.6. The van der Waals surface area contributed by atoms with Crippen molar-refractivity contribution < 1.29 is 14.3 Å². The second-order valence-electron chi connectivity index (χ2n) is 7.12. The van der Waals surface area contributed by atoms with Crippen molar-refractivity contribution in [1.82, 2.24) is 19.6 Å². The van der Waals surface area contributed by atoms with E-state index in [-0.39, 0.29) is 11.8 Å². The molecule has 30 heavy (non-hydrogen) atoms. The fraction of sp³-hybridized carbons (Fsp3) is 0.318. The first-order valence-electron chi connectivity index (χ1n) is 9.97. The largest absolute Gasteiger partial charge is 0.378 e. The van der Waals surface area contributed by atoms with Crippen LogP contribution in [0.2, 0.25) is 5.02 Å². The van der Waals surface area contributed by atoms with Crippen LogP contribution in [0.5, 0.6) is 0 Å². The molecule has 0 radical (unpaired) electrons. The first kappa shape index (κ1) is 20.4. The number of carbonyl (C=O) groups excluding carboxylic acids is 2. The average molecular weight is 427 g/mol. The lowest BCUT2D eigenvalue weighted by atomic mass is 10.1. The molecule has 0 spiro atoms. The molecule has 1 saturated heterocycles. The van der Waals surface area contributed by atoms with Gasteiger partial charge in [0.1, 0.15) is 11.3 Å². The Labute approximate surface area is 179 Å². The number of carbonyl (C=O) groups is 2. The normalized spacial score (nSPS) is 14.1. The molecule has 0 bridgehead atoms. The summed E-state index contributed by atoms with van der Waals surface area (Å²) in [6.45, 7) is 4.68. The van der Waals surface area contributed by atoms with Crippen molar-refractivity contribution in [2.45, 2.75) is 19.9 Å². The van der Waals surface area contributed by atoms with Gasteiger partial charge in [0.25, 0.3) is 11.8 Å². The second-order valence-corrected chi connectivity index (χ2v) is 7.56. The van der Waals surface area contributed by atoms with Crippen LogP contribution in [-0.2, 0) is 17.7 Å². The highest BCUT2D eigenvalue weighted by molar-refractivity contribution is 6.30. The summed E-state index contributed by atoms with van der Waals surface area (Å²) in [5, 5.41) is 3.48. The highest BCUT2D eigenvalue weighted by Gasteiger charge is 2.20. The molecule has 0 atom stereocenters. The Kier molecular flexibility index (Phi) is 6.01. The molecule has 4 rings (SSSR count). The van der Waals surface area contributed by atoms with Gasteiger partial charge in [-0.25, -0.2) is 4.98 Å². The molecular formula is C22H23ClN4O3. The van der Waals surface area contributed by atoms with E-state index in [1.807, 2.05) is 19.1 Å². The first-order valence-corrected chi connectivity index (χ1v) is 10.3. The van der Waals surface area contributed by atoms with E-state index in [1.54, 1.807) is 39.8 Å². The molecule has 1 aromatic carbocycles. The van der Waals surface area contributed by atoms with Gasteiger partial charge in [-0.3, -0.25) is 14.0 Å². The van der Waals surface area contributed by atoms with Crippen molar-refractivity contribution in [1.29, 1.82) is 0 Å². The van der Waals surface area contributed by atoms with E-state index in [1.165, 1.54) is 0 Å². The maximum absolute atomic E-state index is 12.9. The number of imidazole rings is 1. The molecular weight excluding hydrogens is 404 g/mol. The average Bonchev–Trinajstić information content (AvgIpc) is 3.15. The van der Waals surface area contributed by atoms with Crippen molar-refractivity contribution in [2.75, 3.05) is 26.3 Å². The third-order valence-corrected chi connectivity index (χ3v) is 5.38. The molecule has 0 saturated carbocycles. The predicted octanol–water partition coefficient (Wildman–Crippen LogP) is 2.95. The number of aryl methyl sites for hydroxylation is 1. The van der Waals surface area contributed by atoms with Gasteiger partial charge < -0.3 is 15.0 Å². The number of nitrogens with one attached hydrogen (secondary N) is 1. The maximum atomic E-state index is 12.9. The molecule has 1 fully saturated rings. The minimum Gasteiger partial charge on any atom is -0.378 e. The lowest BCUT2D eigenvalue weighted by Crippen LogP contribution is -2.40. The smallest absolute Gasteiger partial charge is 0.270 e. The topological polar surface area (TPSA) is 75.9 Å². The van der Waals surface area contributed by atoms with E-state index >= 15 is 0 Å². The van der Waals surface area contributed by atoms with Crippen LogP contribution >= 0.6 is 11.6 Å². The quantitative estimate of drug-likeness (QED) is 0.680. The number of hydrogen-bond donors (Lipinski definition) is 1. The number of hydrogen-bond acceptors (Lipinski definition) is 4. The summed E-state index contributed by atoms with van der Waals surface area (Å²) >= 11 is 6.10. The lowest BCUT2D eigenvalue weighted by molar-refractivity contribution is 0.0303. The van der Waals surface area contributed by atoms with Crippen LogP contribution in [0.3, 0.4) is 0 Å². The van der Waals surface area contributed by atoms with Crippen LogP contribution in [-0.4, -0.2) is 52.4 Å². The molecule has 8 heteroatoms. The van der Waals surface area contributed by atoms with Crippen LogP contribution in [0.1, 0.15) is 39.0 Å². The molecule has 0 unspecified atom stereocenters. The zero-order valence-corrected chi connectivity index (χ0v) is 17.5. The van der Waals surface area contributed by atoms with Gasteiger partial charge in [0.15, 0.2) is 0 Å². The molecule has 156 valence electrons. The number of morpholine rings is 1. The number of aromatic nitrogens is 2. The molecule has 3 heterocycles. The van der Waals surface area contributed by atoms with Crippen LogP contribution in [0.25, 0.3) is 5.65 Å². The summed E-state index contributed by atoms with van der Waals surface area (Å²) in [4.78, 5) is 31.7. The summed E-state index contributed by atoms with van der Waals surface area (Å²) in [6.07, 6.45) is 2.34. The van der Waals surface area contributed by atoms with Crippen LogP contribution < -0.4 is 5.32 Å². The molecule has 3 aromatic rings. The number of amides is 2. The molecule has 2 amide bonds. The van der Waals surface area contributed by atoms with E-state index in [0.717, 1.165) is 11.3 Å². The molecule has 1 aliphatic heterocycles. The van der Waals surface area contributed by atoms with Gasteiger partial charge in [-0.05, 0) is 36.2 Å². The van der Waals surface area contributed by atoms with Gasteiger partial charge in [-0.2, -0.15) is 0 Å². The zero-order valence-electron chi connectivity index (χ0n) is 16.7. The fourth-order valence-electron chi connectivity index (χ4n) is 3.53. The number of ether oxygens (including phenoxy) is 1. The van der Waals surface area contributed by atoms with Gasteiger partial charge in [0.05, 0.1) is 23.9 Å². The summed E-state index contributed by atoms with van der Waals surface area (Å²) in [6, 6.07) is 10.9. The number of fused-ring (bicyclic) bond motifs is 1. The summed E-state index contributed by atoms with van der Waals surface area (Å²) in [5.41, 5.74) is 3.45. The van der Waals surface area contributed by atoms with Crippen molar-refractivity contribution in [3.63, 3.8) is 0 Å². The molecule has 7 nitrogen and oxygen atoms in total. The van der Waals surface area contributed by atoms with Crippen molar-refractivity contribution in [3.8, 4) is 0 Å². The summed E-state index contributed by atoms with van der Waals surface area (Å²) in [5.74, 6) is -0.209. The van der Waals surface area contributed by atoms with Gasteiger partial charge >= 0.3 is 0 Å². The van der Waals surface area contributed by atoms with Crippen molar-refractivity contribution in [3.05, 3.63) is 70.1 Å². The third-order valence-electron chi connectivity index (χ3n) is 5.16. The molecule has 2 aromatic heterocycles. The number of benzene rings is 1. The monoisotopic (exact) mass is 426 g/mol. The van der Waals surface area contributed by atoms with E-state index in [4.69, 9.17) is 16.3 Å². The van der Waals surface area contributed by atoms with Gasteiger partial charge in [-0.1, -0.05) is 30.7 Å². The predicted molar refractivity (Wildman–Crippen MR) is 114 cm³/mol. The van der Waals surface area contributed by atoms with Gasteiger partial charge in [0.2, 0.25) is 0 Å². The maximum Gasteiger partial charge on any atom is 0.270 e. The SMILES string of the molecule is CCc1nc2ccc(Cl)cn2c1C(=O)NCc1ccc(C(=O)N2CCOCC2)cc1. The lowest BCUT2D eigenvalue weighted by Gasteiger charge is -2.26. The number of halogens is 1. The Bertz CT molecular complexity index is 1070. The highest BCUT2D eigenvalue weighted by Crippen LogP contribution is 2.18. The standard InChI is InChI=1S/C22H23ClN4O3/c1-2-18-20(27-14-17(23)7-8-19(27)25-18)21(28)24-13-15-3-5-16(6-4-15)22(29)26-9-11-30-12-10-26/h3-8,14H,2,9-13H2,1H3,(H,24,28). The minimum atomic E-state index is -0.213. The van der Waals surface area contributed by atoms with E-state index in [0.29, 0.717) is 61.2 Å². The number of pyridine rings is 1. The molecule has 1 aliphatic rings. The number of nitrogens with zero attached hydrogens (tertiary/aromatic N) is 3. The summed E-state index contributed by atoms with van der Waals surface area (Å²) in [7, 11) is 0. The van der Waals surface area contributed by atoms with Crippen molar-refractivity contribution in [2.24, 2.45) is 0 Å². The molecule has 0 aliphatic carbocycles.